The quantitative estimate of drug-likeness (QED) is 0.337. The predicted molar refractivity (Wildman–Crippen MR) is 121 cm³/mol. The fraction of sp³-hybridized carbons (Fsp3) is 0.842. The van der Waals surface area contributed by atoms with E-state index in [1.165, 1.54) is 39.2 Å². The lowest BCUT2D eigenvalue weighted by molar-refractivity contribution is -0.127. The summed E-state index contributed by atoms with van der Waals surface area (Å²) >= 11 is 0. The van der Waals surface area contributed by atoms with E-state index in [4.69, 9.17) is 4.74 Å². The van der Waals surface area contributed by atoms with Crippen LogP contribution in [0.1, 0.15) is 44.9 Å². The number of hydrogen-bond acceptors (Lipinski definition) is 4. The summed E-state index contributed by atoms with van der Waals surface area (Å²) in [6.07, 6.45) is 7.86. The van der Waals surface area contributed by atoms with Crippen molar-refractivity contribution in [3.63, 3.8) is 0 Å². The Hall–Kier alpha value is -1.26. The number of likely N-dealkylation sites (N-methyl/N-ethyl adjacent to an activating group) is 1. The van der Waals surface area contributed by atoms with Crippen molar-refractivity contribution < 1.29 is 14.3 Å². The number of aliphatic imine (C=N–C) groups is 1. The third-order valence-electron chi connectivity index (χ3n) is 5.42. The highest BCUT2D eigenvalue weighted by molar-refractivity contribution is 14.0. The summed E-state index contributed by atoms with van der Waals surface area (Å²) in [6, 6.07) is 0.234. The lowest BCUT2D eigenvalue weighted by Gasteiger charge is -2.32. The number of likely N-dealkylation sites (tertiary alicyclic amines) is 1. The monoisotopic (exact) mass is 509 g/mol. The largest absolute Gasteiger partial charge is 0.453 e. The Balaban J connectivity index is 0.00000392. The van der Waals surface area contributed by atoms with Gasteiger partial charge in [0, 0.05) is 39.8 Å². The number of methoxy groups -OCH3 is 1. The molecule has 0 unspecified atom stereocenters. The molecule has 1 saturated carbocycles. The van der Waals surface area contributed by atoms with Gasteiger partial charge in [-0.2, -0.15) is 0 Å². The van der Waals surface area contributed by atoms with Crippen molar-refractivity contribution in [1.29, 1.82) is 0 Å². The molecule has 2 amide bonds. The molecule has 2 aliphatic rings. The first-order valence-corrected chi connectivity index (χ1v) is 10.1. The highest BCUT2D eigenvalue weighted by Gasteiger charge is 2.24. The molecular formula is C19H36IN5O3. The molecular weight excluding hydrogens is 473 g/mol. The van der Waals surface area contributed by atoms with Crippen LogP contribution in [0.15, 0.2) is 4.99 Å². The van der Waals surface area contributed by atoms with Crippen molar-refractivity contribution in [3.05, 3.63) is 0 Å². The third-order valence-corrected chi connectivity index (χ3v) is 5.42. The summed E-state index contributed by atoms with van der Waals surface area (Å²) in [5.74, 6) is 1.36. The van der Waals surface area contributed by atoms with E-state index in [1.54, 1.807) is 23.9 Å². The summed E-state index contributed by atoms with van der Waals surface area (Å²) < 4.78 is 4.79. The van der Waals surface area contributed by atoms with E-state index in [9.17, 15) is 9.59 Å². The maximum absolute atomic E-state index is 11.9. The number of rotatable bonds is 5. The molecule has 2 rings (SSSR count). The van der Waals surface area contributed by atoms with Crippen LogP contribution < -0.4 is 10.6 Å². The van der Waals surface area contributed by atoms with Crippen molar-refractivity contribution in [1.82, 2.24) is 20.4 Å². The molecule has 0 bridgehead atoms. The maximum Gasteiger partial charge on any atom is 0.409 e. The van der Waals surface area contributed by atoms with E-state index in [0.29, 0.717) is 25.0 Å². The van der Waals surface area contributed by atoms with Crippen LogP contribution in [0.25, 0.3) is 0 Å². The minimum Gasteiger partial charge on any atom is -0.453 e. The second kappa shape index (κ2) is 13.1. The van der Waals surface area contributed by atoms with Gasteiger partial charge in [-0.05, 0) is 31.6 Å². The summed E-state index contributed by atoms with van der Waals surface area (Å²) in [5, 5.41) is 6.90. The van der Waals surface area contributed by atoms with E-state index in [-0.39, 0.29) is 48.6 Å². The number of hydrogen-bond donors (Lipinski definition) is 2. The standard InChI is InChI=1S/C19H35N5O3.HI/c1-23(2)17(25)14-21-18(20-13-15-7-5-4-6-8-15)22-16-9-11-24(12-10-16)19(26)27-3;/h15-16H,4-14H2,1-3H3,(H2,20,21,22);1H. The Morgan fingerprint density at radius 2 is 1.75 bits per heavy atom. The zero-order chi connectivity index (χ0) is 19.6. The number of carbonyl (C=O) groups excluding carboxylic acids is 2. The first-order chi connectivity index (χ1) is 13.0. The molecule has 162 valence electrons. The van der Waals surface area contributed by atoms with E-state index in [0.717, 1.165) is 19.4 Å². The van der Waals surface area contributed by atoms with Crippen LogP contribution in [-0.2, 0) is 9.53 Å². The number of nitrogens with zero attached hydrogens (tertiary/aromatic N) is 3. The van der Waals surface area contributed by atoms with Crippen molar-refractivity contribution in [2.45, 2.75) is 51.0 Å². The van der Waals surface area contributed by atoms with Crippen molar-refractivity contribution in [3.8, 4) is 0 Å². The van der Waals surface area contributed by atoms with Gasteiger partial charge in [-0.15, -0.1) is 24.0 Å². The fourth-order valence-electron chi connectivity index (χ4n) is 3.60. The first-order valence-electron chi connectivity index (χ1n) is 10.1. The minimum atomic E-state index is -0.269. The van der Waals surface area contributed by atoms with E-state index in [1.807, 2.05) is 0 Å². The van der Waals surface area contributed by atoms with Gasteiger partial charge in [-0.25, -0.2) is 9.79 Å². The summed E-state index contributed by atoms with van der Waals surface area (Å²) in [7, 11) is 4.89. The molecule has 0 aromatic rings. The zero-order valence-corrected chi connectivity index (χ0v) is 19.7. The van der Waals surface area contributed by atoms with Gasteiger partial charge in [0.2, 0.25) is 5.91 Å². The van der Waals surface area contributed by atoms with Crippen LogP contribution in [0, 0.1) is 5.92 Å². The lowest BCUT2D eigenvalue weighted by atomic mass is 9.89. The van der Waals surface area contributed by atoms with Crippen LogP contribution in [-0.4, -0.2) is 81.2 Å². The van der Waals surface area contributed by atoms with Gasteiger partial charge in [-0.1, -0.05) is 19.3 Å². The molecule has 0 spiro atoms. The molecule has 0 atom stereocenters. The molecule has 0 radical (unpaired) electrons. The molecule has 8 nitrogen and oxygen atoms in total. The van der Waals surface area contributed by atoms with Crippen LogP contribution in [0.4, 0.5) is 4.79 Å². The predicted octanol–water partition coefficient (Wildman–Crippen LogP) is 2.04. The Kier molecular flexibility index (Phi) is 11.6. The number of ether oxygens (including phenoxy) is 1. The lowest BCUT2D eigenvalue weighted by Crippen LogP contribution is -2.50. The molecule has 9 heteroatoms. The average molecular weight is 509 g/mol. The number of amides is 2. The van der Waals surface area contributed by atoms with Gasteiger partial charge in [0.1, 0.15) is 6.54 Å². The summed E-state index contributed by atoms with van der Waals surface area (Å²) in [5.41, 5.74) is 0. The van der Waals surface area contributed by atoms with Crippen molar-refractivity contribution in [2.24, 2.45) is 10.9 Å². The molecule has 1 aliphatic heterocycles. The normalized spacial score (nSPS) is 18.8. The van der Waals surface area contributed by atoms with E-state index >= 15 is 0 Å². The van der Waals surface area contributed by atoms with Crippen LogP contribution in [0.2, 0.25) is 0 Å². The molecule has 1 saturated heterocycles. The highest BCUT2D eigenvalue weighted by Crippen LogP contribution is 2.22. The molecule has 28 heavy (non-hydrogen) atoms. The van der Waals surface area contributed by atoms with Gasteiger partial charge in [0.25, 0.3) is 0 Å². The Morgan fingerprint density at radius 3 is 2.32 bits per heavy atom. The molecule has 2 fully saturated rings. The second-order valence-corrected chi connectivity index (χ2v) is 7.71. The molecule has 0 aromatic heterocycles. The zero-order valence-electron chi connectivity index (χ0n) is 17.4. The van der Waals surface area contributed by atoms with Gasteiger partial charge >= 0.3 is 6.09 Å². The number of piperidine rings is 1. The maximum atomic E-state index is 11.9. The van der Waals surface area contributed by atoms with Crippen LogP contribution in [0.5, 0.6) is 0 Å². The first kappa shape index (κ1) is 24.8. The second-order valence-electron chi connectivity index (χ2n) is 7.71. The smallest absolute Gasteiger partial charge is 0.409 e. The summed E-state index contributed by atoms with van der Waals surface area (Å²) in [4.78, 5) is 31.3. The van der Waals surface area contributed by atoms with E-state index in [2.05, 4.69) is 15.6 Å². The number of nitrogens with one attached hydrogen (secondary N) is 2. The number of carbonyl (C=O) groups is 2. The summed E-state index contributed by atoms with van der Waals surface area (Å²) in [6.45, 7) is 2.35. The number of guanidine groups is 1. The molecule has 2 N–H and O–H groups in total. The topological polar surface area (TPSA) is 86.3 Å². The van der Waals surface area contributed by atoms with Crippen molar-refractivity contribution >= 4 is 41.9 Å². The van der Waals surface area contributed by atoms with Crippen LogP contribution >= 0.6 is 24.0 Å². The minimum absolute atomic E-state index is 0. The molecule has 0 aromatic carbocycles. The number of halogens is 1. The van der Waals surface area contributed by atoms with Gasteiger partial charge < -0.3 is 25.2 Å². The Labute approximate surface area is 185 Å². The van der Waals surface area contributed by atoms with Crippen LogP contribution in [0.3, 0.4) is 0 Å². The third kappa shape index (κ3) is 8.40. The SMILES string of the molecule is COC(=O)N1CCC(NC(=NCC(=O)N(C)C)NCC2CCCCC2)CC1.I. The average Bonchev–Trinajstić information content (AvgIpc) is 2.70. The molecule has 1 heterocycles. The van der Waals surface area contributed by atoms with Gasteiger partial charge in [-0.3, -0.25) is 4.79 Å². The van der Waals surface area contributed by atoms with Crippen molar-refractivity contribution in [2.75, 3.05) is 47.4 Å². The van der Waals surface area contributed by atoms with Gasteiger partial charge in [0.05, 0.1) is 7.11 Å². The Morgan fingerprint density at radius 1 is 1.11 bits per heavy atom. The Bertz CT molecular complexity index is 516. The molecule has 1 aliphatic carbocycles. The fourth-order valence-corrected chi connectivity index (χ4v) is 3.60. The van der Waals surface area contributed by atoms with E-state index < -0.39 is 0 Å². The van der Waals surface area contributed by atoms with Gasteiger partial charge in [0.15, 0.2) is 5.96 Å². The highest BCUT2D eigenvalue weighted by atomic mass is 127.